The summed E-state index contributed by atoms with van der Waals surface area (Å²) in [5.41, 5.74) is 9.30. The maximum atomic E-state index is 15.5. The molecule has 3 aromatic carbocycles. The van der Waals surface area contributed by atoms with Gasteiger partial charge in [0.1, 0.15) is 11.4 Å². The van der Waals surface area contributed by atoms with Crippen LogP contribution in [0.5, 0.6) is 5.75 Å². The van der Waals surface area contributed by atoms with Crippen molar-refractivity contribution in [2.24, 2.45) is 14.1 Å². The van der Waals surface area contributed by atoms with E-state index in [-0.39, 0.29) is 30.0 Å². The van der Waals surface area contributed by atoms with E-state index in [1.165, 1.54) is 4.90 Å². The van der Waals surface area contributed by atoms with Gasteiger partial charge in [0.2, 0.25) is 5.91 Å². The minimum atomic E-state index is -1.10. The lowest BCUT2D eigenvalue weighted by Crippen LogP contribution is -2.44. The van der Waals surface area contributed by atoms with E-state index in [1.54, 1.807) is 35.8 Å². The van der Waals surface area contributed by atoms with Gasteiger partial charge in [-0.1, -0.05) is 29.3 Å². The van der Waals surface area contributed by atoms with Crippen molar-refractivity contribution >= 4 is 74.2 Å². The number of carbonyl (C=O) groups is 3. The minimum absolute atomic E-state index is 0.0759. The molecule has 0 saturated carbocycles. The lowest BCUT2D eigenvalue weighted by atomic mass is 9.98. The third-order valence-corrected chi connectivity index (χ3v) is 12.9. The normalized spacial score (nSPS) is 14.8. The number of anilines is 2. The predicted octanol–water partition coefficient (Wildman–Crippen LogP) is 8.92. The van der Waals surface area contributed by atoms with Gasteiger partial charge in [0.25, 0.3) is 5.91 Å². The van der Waals surface area contributed by atoms with Crippen LogP contribution in [0.2, 0.25) is 10.0 Å². The van der Waals surface area contributed by atoms with Gasteiger partial charge in [0.05, 0.1) is 45.6 Å². The number of halogens is 2. The summed E-state index contributed by atoms with van der Waals surface area (Å²) in [6, 6.07) is 10.6. The van der Waals surface area contributed by atoms with Crippen molar-refractivity contribution < 1.29 is 24.2 Å². The number of aromatic carboxylic acids is 1. The molecule has 2 amide bonds. The van der Waals surface area contributed by atoms with Gasteiger partial charge < -0.3 is 28.8 Å². The maximum Gasteiger partial charge on any atom is 0.337 e. The zero-order valence-electron chi connectivity index (χ0n) is 35.5. The molecule has 0 bridgehead atoms. The average Bonchev–Trinajstić information content (AvgIpc) is 3.79. The zero-order chi connectivity index (χ0) is 42.9. The minimum Gasteiger partial charge on any atom is -0.494 e. The second-order valence-corrected chi connectivity index (χ2v) is 16.9. The Morgan fingerprint density at radius 3 is 2.27 bits per heavy atom. The number of likely N-dealkylation sites (N-methyl/N-ethyl adjacent to an activating group) is 2. The van der Waals surface area contributed by atoms with Crippen molar-refractivity contribution in [3.63, 3.8) is 0 Å². The number of carboxylic acid groups (broad SMARTS) is 1. The van der Waals surface area contributed by atoms with Crippen molar-refractivity contribution in [1.29, 1.82) is 0 Å². The topological polar surface area (TPSA) is 118 Å². The summed E-state index contributed by atoms with van der Waals surface area (Å²) < 4.78 is 12.0. The first-order valence-corrected chi connectivity index (χ1v) is 20.5. The highest BCUT2D eigenvalue weighted by Crippen LogP contribution is 2.46. The summed E-state index contributed by atoms with van der Waals surface area (Å²) in [7, 11) is 9.02. The molecule has 4 heterocycles. The Morgan fingerprint density at radius 1 is 0.983 bits per heavy atom. The van der Waals surface area contributed by atoms with Crippen LogP contribution in [-0.4, -0.2) is 87.0 Å². The molecular weight excluding hydrogens is 789 g/mol. The number of hydrogen-bond acceptors (Lipinski definition) is 6. The summed E-state index contributed by atoms with van der Waals surface area (Å²) >= 11 is 13.6. The molecule has 12 nitrogen and oxygen atoms in total. The van der Waals surface area contributed by atoms with Crippen molar-refractivity contribution in [2.45, 2.75) is 66.5 Å². The molecule has 1 aliphatic rings. The third kappa shape index (κ3) is 7.04. The molecule has 0 saturated heterocycles. The van der Waals surface area contributed by atoms with Gasteiger partial charge in [-0.05, 0) is 116 Å². The Kier molecular flexibility index (Phi) is 11.1. The lowest BCUT2D eigenvalue weighted by molar-refractivity contribution is -0.122. The molecule has 1 aliphatic heterocycles. The summed E-state index contributed by atoms with van der Waals surface area (Å²) in [6.45, 7) is 12.5. The fourth-order valence-corrected chi connectivity index (χ4v) is 9.00. The largest absolute Gasteiger partial charge is 0.494 e. The van der Waals surface area contributed by atoms with E-state index in [0.717, 1.165) is 55.9 Å². The van der Waals surface area contributed by atoms with Crippen molar-refractivity contribution in [3.05, 3.63) is 92.0 Å². The van der Waals surface area contributed by atoms with Crippen LogP contribution in [0, 0.1) is 27.7 Å². The Bertz CT molecular complexity index is 2690. The number of carboxylic acids is 1. The molecule has 0 spiro atoms. The Morgan fingerprint density at radius 2 is 1.66 bits per heavy atom. The molecule has 6 aromatic rings. The quantitative estimate of drug-likeness (QED) is 0.130. The number of fused-ring (bicyclic) bond motifs is 4. The molecule has 3 aromatic heterocycles. The van der Waals surface area contributed by atoms with E-state index < -0.39 is 12.0 Å². The molecule has 2 atom stereocenters. The molecule has 0 unspecified atom stereocenters. The smallest absolute Gasteiger partial charge is 0.337 e. The highest BCUT2D eigenvalue weighted by molar-refractivity contribution is 6.35. The fourth-order valence-electron chi connectivity index (χ4n) is 8.64. The molecular formula is C45H51Cl2N7O5. The number of benzene rings is 3. The number of amides is 2. The Labute approximate surface area is 354 Å². The molecule has 0 radical (unpaired) electrons. The van der Waals surface area contributed by atoms with Crippen LogP contribution >= 0.6 is 23.2 Å². The Hall–Kier alpha value is -5.30. The van der Waals surface area contributed by atoms with Gasteiger partial charge in [-0.25, -0.2) is 4.79 Å². The van der Waals surface area contributed by atoms with Gasteiger partial charge in [-0.3, -0.25) is 19.2 Å². The monoisotopic (exact) mass is 839 g/mol. The van der Waals surface area contributed by atoms with Crippen LogP contribution in [0.25, 0.3) is 32.9 Å². The number of hydrogen-bond donors (Lipinski definition) is 1. The van der Waals surface area contributed by atoms with Crippen LogP contribution < -0.4 is 14.5 Å². The van der Waals surface area contributed by atoms with Gasteiger partial charge in [-0.2, -0.15) is 5.10 Å². The van der Waals surface area contributed by atoms with Crippen LogP contribution in [0.3, 0.4) is 0 Å². The second-order valence-electron chi connectivity index (χ2n) is 16.1. The van der Waals surface area contributed by atoms with Crippen molar-refractivity contribution in [3.8, 4) is 16.9 Å². The van der Waals surface area contributed by atoms with E-state index in [9.17, 15) is 14.7 Å². The van der Waals surface area contributed by atoms with Crippen LogP contribution in [0.4, 0.5) is 11.4 Å². The lowest BCUT2D eigenvalue weighted by Gasteiger charge is -2.35. The zero-order valence-corrected chi connectivity index (χ0v) is 37.0. The maximum absolute atomic E-state index is 15.5. The van der Waals surface area contributed by atoms with Crippen LogP contribution in [0.1, 0.15) is 75.2 Å². The number of rotatable bonds is 11. The first kappa shape index (κ1) is 41.8. The van der Waals surface area contributed by atoms with Gasteiger partial charge in [-0.15, -0.1) is 0 Å². The van der Waals surface area contributed by atoms with E-state index in [4.69, 9.17) is 33.0 Å². The third-order valence-electron chi connectivity index (χ3n) is 12.0. The fraction of sp³-hybridized carbons (Fsp3) is 0.378. The number of ether oxygens (including phenoxy) is 1. The number of aromatic nitrogens is 4. The highest BCUT2D eigenvalue weighted by atomic mass is 35.5. The van der Waals surface area contributed by atoms with E-state index in [1.807, 2.05) is 95.7 Å². The van der Waals surface area contributed by atoms with Crippen molar-refractivity contribution in [1.82, 2.24) is 23.8 Å². The van der Waals surface area contributed by atoms with E-state index >= 15 is 4.79 Å². The SMILES string of the molecule is Cc1cc(OCCCc2c3n(c4c(-c5c(C)nn(C)c5C)c(Cl)ccc24)[C@H](C)CN(c2cc(N(C)C(=O)[C@H](C)N(C)C)cc4c(C(=O)O)cn(C)c24)C3=O)cc(C)c1Cl. The van der Waals surface area contributed by atoms with Gasteiger partial charge in [0.15, 0.2) is 0 Å². The van der Waals surface area contributed by atoms with Crippen molar-refractivity contribution in [2.75, 3.05) is 44.1 Å². The molecule has 0 aliphatic carbocycles. The molecule has 7 rings (SSSR count). The number of carbonyl (C=O) groups excluding carboxylic acids is 2. The van der Waals surface area contributed by atoms with E-state index in [0.29, 0.717) is 57.5 Å². The van der Waals surface area contributed by atoms with Crippen LogP contribution in [-0.2, 0) is 25.3 Å². The summed E-state index contributed by atoms with van der Waals surface area (Å²) in [5.74, 6) is -0.790. The number of aryl methyl sites for hydroxylation is 6. The summed E-state index contributed by atoms with van der Waals surface area (Å²) in [4.78, 5) is 46.9. The molecule has 14 heteroatoms. The summed E-state index contributed by atoms with van der Waals surface area (Å²) in [5, 5.41) is 17.7. The first-order chi connectivity index (χ1) is 27.8. The van der Waals surface area contributed by atoms with Crippen LogP contribution in [0.15, 0.2) is 42.6 Å². The second kappa shape index (κ2) is 15.7. The number of nitrogens with zero attached hydrogens (tertiary/aromatic N) is 7. The standard InChI is InChI=1S/C45H51Cl2N7O5/c1-23-17-30(18-24(2)39(23)47)59-16-12-13-31-32-14-15-35(46)38(37-26(4)48-52(11)27(37)5)41(32)54-25(3)21-53(44(56)42(31)54)36-20-29(51(10)43(55)28(6)49(7)8)19-33-34(45(57)58)22-50(9)40(33)36/h14-15,17-20,22,25,28H,12-13,16,21H2,1-11H3,(H,57,58)/t25-,28+/m1/s1. The molecule has 59 heavy (non-hydrogen) atoms. The van der Waals surface area contributed by atoms with Gasteiger partial charge in [0, 0.05) is 78.2 Å². The first-order valence-electron chi connectivity index (χ1n) is 19.7. The van der Waals surface area contributed by atoms with E-state index in [2.05, 4.69) is 11.5 Å². The highest BCUT2D eigenvalue weighted by Gasteiger charge is 2.38. The van der Waals surface area contributed by atoms with Gasteiger partial charge >= 0.3 is 5.97 Å². The molecule has 1 N–H and O–H groups in total. The molecule has 0 fully saturated rings. The summed E-state index contributed by atoms with van der Waals surface area (Å²) in [6.07, 6.45) is 2.68. The Balaban J connectivity index is 1.42. The predicted molar refractivity (Wildman–Crippen MR) is 236 cm³/mol. The molecule has 310 valence electrons. The average molecular weight is 841 g/mol.